The normalized spacial score (nSPS) is 15.6. The number of aliphatic imine (C=N–C) groups is 1. The number of aromatic nitrogens is 2. The summed E-state index contributed by atoms with van der Waals surface area (Å²) in [6.07, 6.45) is 8.10. The summed E-state index contributed by atoms with van der Waals surface area (Å²) in [4.78, 5) is 7.36. The smallest absolute Gasteiger partial charge is 0.191 e. The van der Waals surface area contributed by atoms with Crippen molar-refractivity contribution in [2.24, 2.45) is 4.99 Å². The lowest BCUT2D eigenvalue weighted by atomic mass is 10.0. The molecule has 2 aliphatic heterocycles. The molecule has 6 rings (SSSR count). The summed E-state index contributed by atoms with van der Waals surface area (Å²) in [5, 5.41) is 0. The minimum Gasteiger partial charge on any atom is -0.493 e. The molecule has 0 bridgehead atoms. The second kappa shape index (κ2) is 9.50. The van der Waals surface area contributed by atoms with Gasteiger partial charge in [0.05, 0.1) is 19.9 Å². The first kappa shape index (κ1) is 24.0. The van der Waals surface area contributed by atoms with Crippen LogP contribution in [0.5, 0.6) is 11.5 Å². The molecule has 3 heterocycles. The van der Waals surface area contributed by atoms with Gasteiger partial charge < -0.3 is 9.47 Å². The first-order valence-electron chi connectivity index (χ1n) is 12.5. The molecule has 0 spiro atoms. The SMILES string of the molecule is COc1ccc(C2N=C3C=CC=CN3c3c2n(-c2ccc(C)cc2)c(=S)n3-c2ccc(C)cc2)cc1OC. The Bertz CT molecular complexity index is 1670. The van der Waals surface area contributed by atoms with E-state index in [1.807, 2.05) is 42.6 Å². The van der Waals surface area contributed by atoms with Crippen LogP contribution in [-0.2, 0) is 0 Å². The van der Waals surface area contributed by atoms with Gasteiger partial charge in [0.1, 0.15) is 17.7 Å². The topological polar surface area (TPSA) is 43.9 Å². The number of benzene rings is 3. The van der Waals surface area contributed by atoms with Crippen LogP contribution in [0, 0.1) is 18.6 Å². The maximum atomic E-state index is 6.24. The number of ether oxygens (including phenoxy) is 2. The highest BCUT2D eigenvalue weighted by Gasteiger charge is 2.36. The van der Waals surface area contributed by atoms with Crippen LogP contribution in [0.1, 0.15) is 28.4 Å². The van der Waals surface area contributed by atoms with E-state index in [1.54, 1.807) is 14.2 Å². The monoisotopic (exact) mass is 520 g/mol. The number of nitrogens with zero attached hydrogens (tertiary/aromatic N) is 4. The Hall–Kier alpha value is -4.36. The molecule has 0 saturated carbocycles. The largest absolute Gasteiger partial charge is 0.493 e. The van der Waals surface area contributed by atoms with E-state index in [4.69, 9.17) is 26.7 Å². The number of imidazole rings is 1. The zero-order valence-corrected chi connectivity index (χ0v) is 22.6. The van der Waals surface area contributed by atoms with E-state index in [-0.39, 0.29) is 6.04 Å². The number of amidine groups is 1. The van der Waals surface area contributed by atoms with Crippen molar-refractivity contribution in [1.29, 1.82) is 0 Å². The van der Waals surface area contributed by atoms with Crippen molar-refractivity contribution in [1.82, 2.24) is 9.13 Å². The predicted molar refractivity (Wildman–Crippen MR) is 155 cm³/mol. The van der Waals surface area contributed by atoms with Crippen LogP contribution < -0.4 is 14.4 Å². The number of fused-ring (bicyclic) bond motifs is 3. The maximum absolute atomic E-state index is 6.24. The molecule has 1 unspecified atom stereocenters. The van der Waals surface area contributed by atoms with Crippen molar-refractivity contribution in [3.8, 4) is 22.9 Å². The van der Waals surface area contributed by atoms with Gasteiger partial charge in [-0.15, -0.1) is 0 Å². The third-order valence-corrected chi connectivity index (χ3v) is 7.32. The highest BCUT2D eigenvalue weighted by atomic mass is 32.1. The van der Waals surface area contributed by atoms with E-state index >= 15 is 0 Å². The molecule has 0 saturated heterocycles. The zero-order valence-electron chi connectivity index (χ0n) is 21.8. The molecule has 0 fully saturated rings. The van der Waals surface area contributed by atoms with Gasteiger partial charge >= 0.3 is 0 Å². The van der Waals surface area contributed by atoms with Crippen molar-refractivity contribution >= 4 is 23.9 Å². The van der Waals surface area contributed by atoms with Gasteiger partial charge in [-0.2, -0.15) is 0 Å². The molecular formula is C31H28N4O2S. The summed E-state index contributed by atoms with van der Waals surface area (Å²) in [5.41, 5.74) is 6.33. The predicted octanol–water partition coefficient (Wildman–Crippen LogP) is 7.02. The highest BCUT2D eigenvalue weighted by Crippen LogP contribution is 2.44. The fraction of sp³-hybridized carbons (Fsp3) is 0.161. The number of allylic oxidation sites excluding steroid dienone is 2. The Kier molecular flexibility index (Phi) is 6.00. The van der Waals surface area contributed by atoms with Crippen LogP contribution in [0.15, 0.2) is 96.2 Å². The van der Waals surface area contributed by atoms with E-state index in [0.717, 1.165) is 34.3 Å². The van der Waals surface area contributed by atoms with Crippen LogP contribution in [-0.4, -0.2) is 29.2 Å². The van der Waals surface area contributed by atoms with Gasteiger partial charge in [-0.1, -0.05) is 47.5 Å². The Balaban J connectivity index is 1.70. The molecule has 0 N–H and O–H groups in total. The maximum Gasteiger partial charge on any atom is 0.191 e. The molecule has 1 aromatic heterocycles. The molecule has 4 aromatic rings. The van der Waals surface area contributed by atoms with Crippen molar-refractivity contribution in [3.63, 3.8) is 0 Å². The van der Waals surface area contributed by atoms with E-state index in [1.165, 1.54) is 11.1 Å². The Labute approximate surface area is 227 Å². The van der Waals surface area contributed by atoms with E-state index < -0.39 is 0 Å². The van der Waals surface area contributed by atoms with E-state index in [9.17, 15) is 0 Å². The van der Waals surface area contributed by atoms with Gasteiger partial charge in [0.2, 0.25) is 0 Å². The summed E-state index contributed by atoms with van der Waals surface area (Å²) in [7, 11) is 3.29. The van der Waals surface area contributed by atoms with Crippen molar-refractivity contribution in [3.05, 3.63) is 118 Å². The lowest BCUT2D eigenvalue weighted by Gasteiger charge is -2.32. The third kappa shape index (κ3) is 3.87. The van der Waals surface area contributed by atoms with Crippen molar-refractivity contribution in [2.45, 2.75) is 19.9 Å². The van der Waals surface area contributed by atoms with Crippen LogP contribution in [0.25, 0.3) is 11.4 Å². The Morgan fingerprint density at radius 3 is 2.03 bits per heavy atom. The Morgan fingerprint density at radius 1 is 0.763 bits per heavy atom. The van der Waals surface area contributed by atoms with Crippen molar-refractivity contribution in [2.75, 3.05) is 19.1 Å². The summed E-state index contributed by atoms with van der Waals surface area (Å²) in [6, 6.07) is 22.5. The summed E-state index contributed by atoms with van der Waals surface area (Å²) in [5.74, 6) is 3.14. The molecule has 3 aromatic carbocycles. The number of anilines is 1. The summed E-state index contributed by atoms with van der Waals surface area (Å²) < 4.78 is 16.1. The second-order valence-corrected chi connectivity index (χ2v) is 9.77. The lowest BCUT2D eigenvalue weighted by molar-refractivity contribution is 0.354. The van der Waals surface area contributed by atoms with Crippen LogP contribution in [0.2, 0.25) is 0 Å². The fourth-order valence-electron chi connectivity index (χ4n) is 5.02. The number of hydrogen-bond donors (Lipinski definition) is 0. The zero-order chi connectivity index (χ0) is 26.4. The number of aryl methyl sites for hydroxylation is 2. The molecular weight excluding hydrogens is 492 g/mol. The first-order valence-corrected chi connectivity index (χ1v) is 12.9. The van der Waals surface area contributed by atoms with Crippen LogP contribution in [0.4, 0.5) is 5.82 Å². The minimum atomic E-state index is -0.332. The van der Waals surface area contributed by atoms with Gasteiger partial charge in [0, 0.05) is 17.6 Å². The lowest BCUT2D eigenvalue weighted by Crippen LogP contribution is -2.32. The third-order valence-electron chi connectivity index (χ3n) is 6.96. The van der Waals surface area contributed by atoms with Gasteiger partial charge in [0.25, 0.3) is 0 Å². The van der Waals surface area contributed by atoms with Gasteiger partial charge in [-0.25, -0.2) is 0 Å². The molecule has 7 heteroatoms. The standard InChI is InChI=1S/C31H28N4O2S/c1-20-8-13-23(14-9-20)34-29-28(22-12-17-25(36-3)26(19-22)37-4)32-27-7-5-6-18-33(27)30(29)35(31(34)38)24-15-10-21(2)11-16-24/h5-19,28H,1-4H3. The van der Waals surface area contributed by atoms with E-state index in [0.29, 0.717) is 16.3 Å². The molecule has 1 atom stereocenters. The average Bonchev–Trinajstić information content (AvgIpc) is 3.26. The van der Waals surface area contributed by atoms with Gasteiger partial charge in [0.15, 0.2) is 16.3 Å². The molecule has 38 heavy (non-hydrogen) atoms. The van der Waals surface area contributed by atoms with Crippen molar-refractivity contribution < 1.29 is 9.47 Å². The number of hydrogen-bond acceptors (Lipinski definition) is 5. The molecule has 190 valence electrons. The first-order chi connectivity index (χ1) is 18.5. The number of rotatable bonds is 5. The Morgan fingerprint density at radius 2 is 1.39 bits per heavy atom. The molecule has 0 radical (unpaired) electrons. The molecule has 6 nitrogen and oxygen atoms in total. The van der Waals surface area contributed by atoms with Crippen LogP contribution >= 0.6 is 12.2 Å². The number of methoxy groups -OCH3 is 2. The van der Waals surface area contributed by atoms with E-state index in [2.05, 4.69) is 76.4 Å². The van der Waals surface area contributed by atoms with Gasteiger partial charge in [-0.3, -0.25) is 19.0 Å². The molecule has 0 aliphatic carbocycles. The summed E-state index contributed by atoms with van der Waals surface area (Å²) in [6.45, 7) is 4.18. The van der Waals surface area contributed by atoms with Gasteiger partial charge in [-0.05, 0) is 80.2 Å². The molecule has 2 aliphatic rings. The second-order valence-electron chi connectivity index (χ2n) is 9.41. The molecule has 0 amide bonds. The quantitative estimate of drug-likeness (QED) is 0.265. The minimum absolute atomic E-state index is 0.332. The van der Waals surface area contributed by atoms with Crippen LogP contribution in [0.3, 0.4) is 0 Å². The summed E-state index contributed by atoms with van der Waals surface area (Å²) >= 11 is 6.24. The average molecular weight is 521 g/mol. The fourth-order valence-corrected chi connectivity index (χ4v) is 5.42. The highest BCUT2D eigenvalue weighted by molar-refractivity contribution is 7.71.